The van der Waals surface area contributed by atoms with Crippen LogP contribution in [-0.4, -0.2) is 44.5 Å². The van der Waals surface area contributed by atoms with Crippen molar-refractivity contribution in [2.24, 2.45) is 20.0 Å². The Morgan fingerprint density at radius 3 is 1.62 bits per heavy atom. The molecular weight excluding hydrogens is 666 g/mol. The first kappa shape index (κ1) is 34.8. The lowest BCUT2D eigenvalue weighted by atomic mass is 9.87. The SMILES string of the molecule is CC(=O)C(c1ccc2c(c1)OCO2)c1cn(C)c2cc(C(O)O)ccc12.CC(=O)C(c1ccc2c(c1)OCO2)c1cn(C)c2cc(CON)ccc12. The van der Waals surface area contributed by atoms with Gasteiger partial charge in [-0.05, 0) is 78.1 Å². The molecule has 2 aromatic heterocycles. The van der Waals surface area contributed by atoms with Gasteiger partial charge < -0.3 is 38.3 Å². The first-order chi connectivity index (χ1) is 25.0. The maximum Gasteiger partial charge on any atom is 0.231 e. The summed E-state index contributed by atoms with van der Waals surface area (Å²) in [5, 5.41) is 20.8. The van der Waals surface area contributed by atoms with Gasteiger partial charge >= 0.3 is 0 Å². The fourth-order valence-corrected chi connectivity index (χ4v) is 7.15. The zero-order valence-corrected chi connectivity index (χ0v) is 29.2. The largest absolute Gasteiger partial charge is 0.454 e. The third-order valence-corrected chi connectivity index (χ3v) is 9.57. The molecule has 2 atom stereocenters. The van der Waals surface area contributed by atoms with E-state index in [1.54, 1.807) is 26.0 Å². The second-order valence-corrected chi connectivity index (χ2v) is 13.0. The normalized spacial score (nSPS) is 14.1. The summed E-state index contributed by atoms with van der Waals surface area (Å²) in [6, 6.07) is 22.4. The molecule has 0 radical (unpaired) electrons. The molecule has 4 aromatic carbocycles. The number of nitrogens with zero attached hydrogens (tertiary/aromatic N) is 2. The lowest BCUT2D eigenvalue weighted by Crippen LogP contribution is -2.10. The van der Waals surface area contributed by atoms with Crippen molar-refractivity contribution in [3.05, 3.63) is 119 Å². The number of aromatic nitrogens is 2. The summed E-state index contributed by atoms with van der Waals surface area (Å²) in [5.74, 6) is 7.16. The highest BCUT2D eigenvalue weighted by Crippen LogP contribution is 2.41. The number of aryl methyl sites for hydroxylation is 2. The summed E-state index contributed by atoms with van der Waals surface area (Å²) in [6.45, 7) is 3.92. The maximum atomic E-state index is 12.5. The summed E-state index contributed by atoms with van der Waals surface area (Å²) < 4.78 is 25.6. The molecule has 6 aromatic rings. The Bertz CT molecular complexity index is 2320. The molecule has 0 amide bonds. The topological polar surface area (TPSA) is 157 Å². The fraction of sp³-hybridized carbons (Fsp3) is 0.250. The minimum atomic E-state index is -1.53. The van der Waals surface area contributed by atoms with Crippen LogP contribution < -0.4 is 24.8 Å². The van der Waals surface area contributed by atoms with Gasteiger partial charge in [-0.15, -0.1) is 0 Å². The molecule has 0 saturated heterocycles. The average molecular weight is 706 g/mol. The summed E-state index contributed by atoms with van der Waals surface area (Å²) in [6.07, 6.45) is 2.39. The van der Waals surface area contributed by atoms with Gasteiger partial charge in [-0.1, -0.05) is 36.4 Å². The molecule has 2 aliphatic heterocycles. The van der Waals surface area contributed by atoms with Crippen molar-refractivity contribution in [2.75, 3.05) is 13.6 Å². The Labute approximate surface area is 299 Å². The van der Waals surface area contributed by atoms with Gasteiger partial charge in [0.05, 0.1) is 18.4 Å². The number of aliphatic hydroxyl groups excluding tert-OH is 1. The van der Waals surface area contributed by atoms with E-state index in [0.29, 0.717) is 35.2 Å². The molecule has 0 aliphatic carbocycles. The second-order valence-electron chi connectivity index (χ2n) is 13.0. The fourth-order valence-electron chi connectivity index (χ4n) is 7.15. The Morgan fingerprint density at radius 1 is 0.673 bits per heavy atom. The van der Waals surface area contributed by atoms with E-state index >= 15 is 0 Å². The van der Waals surface area contributed by atoms with Crippen LogP contribution in [0.25, 0.3) is 21.8 Å². The predicted molar refractivity (Wildman–Crippen MR) is 192 cm³/mol. The predicted octanol–water partition coefficient (Wildman–Crippen LogP) is 5.63. The van der Waals surface area contributed by atoms with E-state index in [-0.39, 0.29) is 31.1 Å². The first-order valence-corrected chi connectivity index (χ1v) is 16.7. The quantitative estimate of drug-likeness (QED) is 0.127. The van der Waals surface area contributed by atoms with Crippen LogP contribution in [0.4, 0.5) is 0 Å². The third-order valence-electron chi connectivity index (χ3n) is 9.57. The minimum absolute atomic E-state index is 0.0163. The number of carbonyl (C=O) groups is 2. The Balaban J connectivity index is 0.000000162. The van der Waals surface area contributed by atoms with Crippen LogP contribution in [0.1, 0.15) is 65.4 Å². The highest BCUT2D eigenvalue weighted by atomic mass is 16.7. The summed E-state index contributed by atoms with van der Waals surface area (Å²) >= 11 is 0. The minimum Gasteiger partial charge on any atom is -0.454 e. The highest BCUT2D eigenvalue weighted by molar-refractivity contribution is 5.96. The van der Waals surface area contributed by atoms with Gasteiger partial charge in [0.1, 0.15) is 11.6 Å². The van der Waals surface area contributed by atoms with Gasteiger partial charge in [0.15, 0.2) is 29.3 Å². The number of hydrogen-bond donors (Lipinski definition) is 3. The van der Waals surface area contributed by atoms with Crippen LogP contribution in [-0.2, 0) is 35.1 Å². The molecule has 12 nitrogen and oxygen atoms in total. The van der Waals surface area contributed by atoms with Crippen LogP contribution >= 0.6 is 0 Å². The smallest absolute Gasteiger partial charge is 0.231 e. The van der Waals surface area contributed by atoms with Gasteiger partial charge in [0, 0.05) is 53.9 Å². The average Bonchev–Trinajstić information content (AvgIpc) is 3.91. The first-order valence-electron chi connectivity index (χ1n) is 16.7. The zero-order chi connectivity index (χ0) is 36.7. The number of carbonyl (C=O) groups excluding carboxylic acids is 2. The van der Waals surface area contributed by atoms with Crippen molar-refractivity contribution < 1.29 is 43.6 Å². The van der Waals surface area contributed by atoms with Gasteiger partial charge in [-0.2, -0.15) is 0 Å². The van der Waals surface area contributed by atoms with Crippen molar-refractivity contribution in [2.45, 2.75) is 38.6 Å². The van der Waals surface area contributed by atoms with Crippen molar-refractivity contribution >= 4 is 33.4 Å². The second kappa shape index (κ2) is 14.2. The number of ether oxygens (including phenoxy) is 4. The summed E-state index contributed by atoms with van der Waals surface area (Å²) in [7, 11) is 3.84. The Hall–Kier alpha value is -5.66. The number of Topliss-reactive ketones (excluding diaryl/α,β-unsaturated/α-hetero) is 2. The van der Waals surface area contributed by atoms with E-state index in [9.17, 15) is 19.8 Å². The molecular formula is C40H39N3O9. The molecule has 52 heavy (non-hydrogen) atoms. The van der Waals surface area contributed by atoms with Gasteiger partial charge in [-0.3, -0.25) is 14.4 Å². The number of rotatable bonds is 9. The van der Waals surface area contributed by atoms with E-state index < -0.39 is 12.2 Å². The maximum absolute atomic E-state index is 12.5. The molecule has 0 fully saturated rings. The van der Waals surface area contributed by atoms with E-state index in [4.69, 9.17) is 29.7 Å². The number of benzene rings is 4. The van der Waals surface area contributed by atoms with Crippen molar-refractivity contribution in [1.82, 2.24) is 9.13 Å². The highest BCUT2D eigenvalue weighted by Gasteiger charge is 2.27. The van der Waals surface area contributed by atoms with E-state index in [1.165, 1.54) is 0 Å². The van der Waals surface area contributed by atoms with Gasteiger partial charge in [0.2, 0.25) is 13.6 Å². The van der Waals surface area contributed by atoms with E-state index in [1.807, 2.05) is 96.3 Å². The van der Waals surface area contributed by atoms with Crippen molar-refractivity contribution in [3.8, 4) is 23.0 Å². The van der Waals surface area contributed by atoms with E-state index in [0.717, 1.165) is 49.6 Å². The summed E-state index contributed by atoms with van der Waals surface area (Å²) in [4.78, 5) is 29.8. The number of ketones is 2. The molecule has 4 heterocycles. The molecule has 0 spiro atoms. The zero-order valence-electron chi connectivity index (χ0n) is 29.2. The van der Waals surface area contributed by atoms with Crippen LogP contribution in [0, 0.1) is 0 Å². The number of aliphatic hydroxyl groups is 2. The van der Waals surface area contributed by atoms with Crippen LogP contribution in [0.2, 0.25) is 0 Å². The van der Waals surface area contributed by atoms with Crippen molar-refractivity contribution in [1.29, 1.82) is 0 Å². The molecule has 4 N–H and O–H groups in total. The molecule has 0 saturated carbocycles. The van der Waals surface area contributed by atoms with Crippen LogP contribution in [0.15, 0.2) is 85.2 Å². The van der Waals surface area contributed by atoms with Crippen molar-refractivity contribution in [3.63, 3.8) is 0 Å². The lowest BCUT2D eigenvalue weighted by molar-refractivity contribution is -0.118. The summed E-state index contributed by atoms with van der Waals surface area (Å²) in [5.41, 5.74) is 6.81. The molecule has 268 valence electrons. The number of hydrogen-bond acceptors (Lipinski definition) is 10. The Morgan fingerprint density at radius 2 is 1.13 bits per heavy atom. The van der Waals surface area contributed by atoms with Crippen LogP contribution in [0.3, 0.4) is 0 Å². The molecule has 2 aliphatic rings. The third kappa shape index (κ3) is 6.48. The monoisotopic (exact) mass is 705 g/mol. The van der Waals surface area contributed by atoms with Gasteiger partial charge in [0.25, 0.3) is 0 Å². The van der Waals surface area contributed by atoms with Crippen LogP contribution in [0.5, 0.6) is 23.0 Å². The molecule has 8 rings (SSSR count). The molecule has 2 unspecified atom stereocenters. The molecule has 0 bridgehead atoms. The standard InChI is InChI=1S/C20H20N2O4.C20H19NO5/c1-12(23)20(14-4-6-18-19(8-14)25-11-24-18)16-9-22(2)17-7-13(10-26-21)3-5-15(16)17;1-11(22)19(12-4-6-17-18(8-12)26-10-25-17)15-9-21(2)16-7-13(20(23)24)3-5-14(15)16/h3-9,20H,10-11,21H2,1-2H3;3-9,19-20,23-24H,10H2,1-2H3. The lowest BCUT2D eigenvalue weighted by Gasteiger charge is -2.15. The van der Waals surface area contributed by atoms with E-state index in [2.05, 4.69) is 0 Å². The number of fused-ring (bicyclic) bond motifs is 4. The Kier molecular flexibility index (Phi) is 9.47. The number of nitrogens with two attached hydrogens (primary N) is 1. The molecule has 12 heteroatoms. The van der Waals surface area contributed by atoms with Gasteiger partial charge in [-0.25, -0.2) is 5.90 Å².